The molecule has 1 unspecified atom stereocenters. The summed E-state index contributed by atoms with van der Waals surface area (Å²) in [6.45, 7) is 2.47. The van der Waals surface area contributed by atoms with E-state index in [1.165, 1.54) is 6.26 Å². The first-order valence-electron chi connectivity index (χ1n) is 7.85. The third-order valence-corrected chi connectivity index (χ3v) is 4.80. The number of guanidine groups is 1. The van der Waals surface area contributed by atoms with Gasteiger partial charge in [-0.25, -0.2) is 13.4 Å². The number of rotatable bonds is 6. The van der Waals surface area contributed by atoms with Crippen LogP contribution in [0.1, 0.15) is 19.2 Å². The maximum Gasteiger partial charge on any atom is 0.191 e. The van der Waals surface area contributed by atoms with Gasteiger partial charge in [0.1, 0.15) is 15.7 Å². The maximum atomic E-state index is 11.2. The Balaban J connectivity index is 1.94. The average molecular weight is 351 g/mol. The molecule has 0 bridgehead atoms. The van der Waals surface area contributed by atoms with Gasteiger partial charge in [-0.05, 0) is 25.5 Å². The normalized spacial score (nSPS) is 13.9. The van der Waals surface area contributed by atoms with E-state index in [0.717, 1.165) is 16.9 Å². The summed E-state index contributed by atoms with van der Waals surface area (Å²) in [6, 6.07) is 7.99. The molecule has 1 aromatic heterocycles. The molecule has 0 spiro atoms. The second-order valence-corrected chi connectivity index (χ2v) is 8.23. The lowest BCUT2D eigenvalue weighted by Crippen LogP contribution is -2.42. The van der Waals surface area contributed by atoms with Crippen molar-refractivity contribution >= 4 is 26.8 Å². The Morgan fingerprint density at radius 3 is 2.71 bits per heavy atom. The molecule has 1 atom stereocenters. The Morgan fingerprint density at radius 1 is 1.38 bits per heavy atom. The van der Waals surface area contributed by atoms with E-state index in [0.29, 0.717) is 18.9 Å². The highest BCUT2D eigenvalue weighted by Crippen LogP contribution is 2.13. The number of sulfone groups is 1. The van der Waals surface area contributed by atoms with Crippen molar-refractivity contribution in [2.45, 2.75) is 25.9 Å². The fourth-order valence-corrected chi connectivity index (χ4v) is 3.19. The molecule has 0 amide bonds. The summed E-state index contributed by atoms with van der Waals surface area (Å²) < 4.78 is 24.5. The minimum Gasteiger partial charge on any atom is -0.354 e. The van der Waals surface area contributed by atoms with E-state index in [1.807, 2.05) is 42.8 Å². The first kappa shape index (κ1) is 18.3. The average Bonchev–Trinajstić information content (AvgIpc) is 2.85. The van der Waals surface area contributed by atoms with Crippen LogP contribution in [0.4, 0.5) is 0 Å². The van der Waals surface area contributed by atoms with E-state index in [1.54, 1.807) is 7.05 Å². The Morgan fingerprint density at radius 2 is 2.08 bits per heavy atom. The topological polar surface area (TPSA) is 88.4 Å². The van der Waals surface area contributed by atoms with Crippen LogP contribution < -0.4 is 10.6 Å². The van der Waals surface area contributed by atoms with Gasteiger partial charge in [-0.15, -0.1) is 0 Å². The zero-order chi connectivity index (χ0) is 17.7. The summed E-state index contributed by atoms with van der Waals surface area (Å²) in [6.07, 6.45) is 1.78. The van der Waals surface area contributed by atoms with E-state index in [9.17, 15) is 8.42 Å². The molecule has 24 heavy (non-hydrogen) atoms. The van der Waals surface area contributed by atoms with E-state index >= 15 is 0 Å². The number of hydrogen-bond donors (Lipinski definition) is 2. The summed E-state index contributed by atoms with van der Waals surface area (Å²) in [4.78, 5) is 8.78. The quantitative estimate of drug-likeness (QED) is 0.600. The number of fused-ring (bicyclic) bond motifs is 1. The predicted molar refractivity (Wildman–Crippen MR) is 97.8 cm³/mol. The molecule has 0 saturated carbocycles. The highest BCUT2D eigenvalue weighted by atomic mass is 32.2. The van der Waals surface area contributed by atoms with Crippen molar-refractivity contribution in [3.63, 3.8) is 0 Å². The number of aromatic nitrogens is 2. The predicted octanol–water partition coefficient (Wildman–Crippen LogP) is 1.06. The number of nitrogens with one attached hydrogen (secondary N) is 2. The zero-order valence-electron chi connectivity index (χ0n) is 14.6. The minimum absolute atomic E-state index is 0.00590. The Hall–Kier alpha value is -2.09. The van der Waals surface area contributed by atoms with Crippen molar-refractivity contribution < 1.29 is 8.42 Å². The lowest BCUT2D eigenvalue weighted by molar-refractivity contribution is 0.580. The highest BCUT2D eigenvalue weighted by Gasteiger charge is 2.11. The van der Waals surface area contributed by atoms with Gasteiger partial charge in [0.25, 0.3) is 0 Å². The Bertz CT molecular complexity index is 826. The zero-order valence-corrected chi connectivity index (χ0v) is 15.4. The second kappa shape index (κ2) is 7.65. The molecule has 7 nitrogen and oxygen atoms in total. The molecule has 0 aliphatic carbocycles. The second-order valence-electron chi connectivity index (χ2n) is 5.97. The standard InChI is InChI=1S/C16H25N5O2S/c1-12(9-10-24(4,22)23)19-16(17-2)18-11-15-20-13-7-5-6-8-14(13)21(15)3/h5-8,12H,9-11H2,1-4H3,(H2,17,18,19). The molecule has 1 aromatic carbocycles. The van der Waals surface area contributed by atoms with Gasteiger partial charge < -0.3 is 15.2 Å². The van der Waals surface area contributed by atoms with Crippen LogP contribution in [0.2, 0.25) is 0 Å². The lowest BCUT2D eigenvalue weighted by atomic mass is 10.3. The lowest BCUT2D eigenvalue weighted by Gasteiger charge is -2.17. The third kappa shape index (κ3) is 4.95. The van der Waals surface area contributed by atoms with Gasteiger partial charge >= 0.3 is 0 Å². The summed E-state index contributed by atoms with van der Waals surface area (Å²) >= 11 is 0. The molecule has 0 aliphatic rings. The number of aryl methyl sites for hydroxylation is 1. The van der Waals surface area contributed by atoms with E-state index in [-0.39, 0.29) is 11.8 Å². The van der Waals surface area contributed by atoms with Crippen molar-refractivity contribution in [1.82, 2.24) is 20.2 Å². The van der Waals surface area contributed by atoms with Crippen molar-refractivity contribution in [1.29, 1.82) is 0 Å². The third-order valence-electron chi connectivity index (χ3n) is 3.82. The van der Waals surface area contributed by atoms with Crippen molar-refractivity contribution in [2.75, 3.05) is 19.1 Å². The molecular weight excluding hydrogens is 326 g/mol. The molecule has 8 heteroatoms. The molecule has 2 N–H and O–H groups in total. The highest BCUT2D eigenvalue weighted by molar-refractivity contribution is 7.90. The van der Waals surface area contributed by atoms with E-state index in [2.05, 4.69) is 20.6 Å². The SMILES string of the molecule is CN=C(NCc1nc2ccccc2n1C)NC(C)CCS(C)(=O)=O. The first-order chi connectivity index (χ1) is 11.3. The first-order valence-corrected chi connectivity index (χ1v) is 9.91. The van der Waals surface area contributed by atoms with Crippen molar-refractivity contribution in [3.8, 4) is 0 Å². The van der Waals surface area contributed by atoms with Gasteiger partial charge in [-0.2, -0.15) is 0 Å². The molecule has 0 fully saturated rings. The maximum absolute atomic E-state index is 11.2. The van der Waals surface area contributed by atoms with Gasteiger partial charge in [0.2, 0.25) is 0 Å². The largest absolute Gasteiger partial charge is 0.354 e. The van der Waals surface area contributed by atoms with Gasteiger partial charge in [0.05, 0.1) is 23.3 Å². The molecule has 132 valence electrons. The number of benzene rings is 1. The molecule has 0 saturated heterocycles. The smallest absolute Gasteiger partial charge is 0.191 e. The number of para-hydroxylation sites is 2. The van der Waals surface area contributed by atoms with Crippen LogP contribution in [-0.2, 0) is 23.4 Å². The summed E-state index contributed by atoms with van der Waals surface area (Å²) in [5, 5.41) is 6.42. The minimum atomic E-state index is -2.95. The summed E-state index contributed by atoms with van der Waals surface area (Å²) in [7, 11) is 0.720. The van der Waals surface area contributed by atoms with Gasteiger partial charge in [0.15, 0.2) is 5.96 Å². The van der Waals surface area contributed by atoms with Crippen LogP contribution in [0.3, 0.4) is 0 Å². The van der Waals surface area contributed by atoms with Crippen molar-refractivity contribution in [2.24, 2.45) is 12.0 Å². The number of hydrogen-bond acceptors (Lipinski definition) is 4. The van der Waals surface area contributed by atoms with Crippen LogP contribution >= 0.6 is 0 Å². The van der Waals surface area contributed by atoms with Crippen molar-refractivity contribution in [3.05, 3.63) is 30.1 Å². The number of aliphatic imine (C=N–C) groups is 1. The van der Waals surface area contributed by atoms with Gasteiger partial charge in [-0.1, -0.05) is 12.1 Å². The fraction of sp³-hybridized carbons (Fsp3) is 0.500. The van der Waals surface area contributed by atoms with Crippen LogP contribution in [-0.4, -0.2) is 49.0 Å². The van der Waals surface area contributed by atoms with Crippen LogP contribution in [0.5, 0.6) is 0 Å². The van der Waals surface area contributed by atoms with Gasteiger partial charge in [0, 0.05) is 26.4 Å². The van der Waals surface area contributed by atoms with Crippen LogP contribution in [0, 0.1) is 0 Å². The van der Waals surface area contributed by atoms with Gasteiger partial charge in [-0.3, -0.25) is 4.99 Å². The fourth-order valence-electron chi connectivity index (χ4n) is 2.41. The molecule has 2 aromatic rings. The molecule has 2 rings (SSSR count). The van der Waals surface area contributed by atoms with E-state index < -0.39 is 9.84 Å². The Kier molecular flexibility index (Phi) is 5.82. The molecular formula is C16H25N5O2S. The van der Waals surface area contributed by atoms with Crippen LogP contribution in [0.25, 0.3) is 11.0 Å². The van der Waals surface area contributed by atoms with E-state index in [4.69, 9.17) is 0 Å². The molecule has 1 heterocycles. The summed E-state index contributed by atoms with van der Waals surface area (Å²) in [5.41, 5.74) is 2.04. The molecule has 0 aliphatic heterocycles. The number of nitrogens with zero attached hydrogens (tertiary/aromatic N) is 3. The van der Waals surface area contributed by atoms with Crippen LogP contribution in [0.15, 0.2) is 29.3 Å². The number of imidazole rings is 1. The Labute approximate surface area is 143 Å². The summed E-state index contributed by atoms with van der Waals surface area (Å²) in [5.74, 6) is 1.69. The monoisotopic (exact) mass is 351 g/mol. The molecule has 0 radical (unpaired) electrons.